The Balaban J connectivity index is 1.12. The molecule has 12 heteroatoms. The Hall–Kier alpha value is -4.06. The van der Waals surface area contributed by atoms with Gasteiger partial charge in [0.25, 0.3) is 0 Å². The SMILES string of the molecule is COc1ccc(COC(=O)c2nc(N3CCCc4c3nnc(Cl)c4C)ccc2-c2cnn(CC34CC5CC(C3)CC(OCCO)(C5)C4)c2C)cc1. The van der Waals surface area contributed by atoms with Gasteiger partial charge in [0, 0.05) is 35.5 Å². The Morgan fingerprint density at radius 1 is 1.04 bits per heavy atom. The van der Waals surface area contributed by atoms with Crippen molar-refractivity contribution in [1.82, 2.24) is 25.0 Å². The second kappa shape index (κ2) is 13.5. The van der Waals surface area contributed by atoms with E-state index in [0.29, 0.717) is 47.3 Å². The van der Waals surface area contributed by atoms with Gasteiger partial charge >= 0.3 is 5.97 Å². The summed E-state index contributed by atoms with van der Waals surface area (Å²) in [6.45, 7) is 6.05. The number of benzene rings is 1. The van der Waals surface area contributed by atoms with Gasteiger partial charge < -0.3 is 24.2 Å². The lowest BCUT2D eigenvalue weighted by atomic mass is 9.48. The van der Waals surface area contributed by atoms with Crippen LogP contribution in [0.15, 0.2) is 42.6 Å². The minimum Gasteiger partial charge on any atom is -0.497 e. The van der Waals surface area contributed by atoms with Crippen LogP contribution in [0.1, 0.15) is 77.8 Å². The number of esters is 1. The number of aliphatic hydroxyl groups is 1. The smallest absolute Gasteiger partial charge is 0.358 e. The fourth-order valence-corrected chi connectivity index (χ4v) is 10.0. The minimum atomic E-state index is -0.519. The van der Waals surface area contributed by atoms with E-state index in [4.69, 9.17) is 35.9 Å². The van der Waals surface area contributed by atoms with Crippen molar-refractivity contribution in [3.05, 3.63) is 75.8 Å². The first-order chi connectivity index (χ1) is 24.7. The summed E-state index contributed by atoms with van der Waals surface area (Å²) < 4.78 is 19.7. The first-order valence-corrected chi connectivity index (χ1v) is 18.4. The molecule has 4 bridgehead atoms. The summed E-state index contributed by atoms with van der Waals surface area (Å²) >= 11 is 6.34. The Labute approximate surface area is 303 Å². The number of nitrogens with zero attached hydrogens (tertiary/aromatic N) is 6. The summed E-state index contributed by atoms with van der Waals surface area (Å²) in [5, 5.41) is 23.5. The topological polar surface area (TPSA) is 125 Å². The Morgan fingerprint density at radius 3 is 2.57 bits per heavy atom. The van der Waals surface area contributed by atoms with Crippen LogP contribution in [0, 0.1) is 31.1 Å². The van der Waals surface area contributed by atoms with Crippen LogP contribution in [-0.2, 0) is 29.0 Å². The van der Waals surface area contributed by atoms with Crippen molar-refractivity contribution in [2.24, 2.45) is 17.3 Å². The number of carbonyl (C=O) groups is 1. The number of halogens is 1. The van der Waals surface area contributed by atoms with Crippen molar-refractivity contribution in [2.45, 2.75) is 84.0 Å². The molecule has 51 heavy (non-hydrogen) atoms. The molecule has 268 valence electrons. The molecule has 4 heterocycles. The highest BCUT2D eigenvalue weighted by atomic mass is 35.5. The summed E-state index contributed by atoms with van der Waals surface area (Å²) in [4.78, 5) is 21.0. The summed E-state index contributed by atoms with van der Waals surface area (Å²) in [5.74, 6) is 2.81. The summed E-state index contributed by atoms with van der Waals surface area (Å²) in [6.07, 6.45) is 10.4. The van der Waals surface area contributed by atoms with Gasteiger partial charge in [0.2, 0.25) is 0 Å². The summed E-state index contributed by atoms with van der Waals surface area (Å²) in [6, 6.07) is 11.3. The van der Waals surface area contributed by atoms with E-state index in [1.807, 2.05) is 54.4 Å². The number of pyridine rings is 1. The molecule has 0 radical (unpaired) electrons. The molecule has 9 rings (SSSR count). The van der Waals surface area contributed by atoms with Gasteiger partial charge in [-0.25, -0.2) is 9.78 Å². The first kappa shape index (κ1) is 34.0. The van der Waals surface area contributed by atoms with Crippen molar-refractivity contribution in [1.29, 1.82) is 0 Å². The maximum Gasteiger partial charge on any atom is 0.358 e. The molecule has 4 saturated carbocycles. The highest BCUT2D eigenvalue weighted by Crippen LogP contribution is 2.63. The molecule has 4 aliphatic carbocycles. The van der Waals surface area contributed by atoms with E-state index in [0.717, 1.165) is 72.3 Å². The molecule has 2 unspecified atom stereocenters. The molecule has 1 aliphatic heterocycles. The van der Waals surface area contributed by atoms with Gasteiger partial charge in [0.05, 0.1) is 32.1 Å². The van der Waals surface area contributed by atoms with Crippen molar-refractivity contribution < 1.29 is 24.1 Å². The average molecular weight is 713 g/mol. The standard InChI is InChI=1S/C39H45ClN6O5/c1-24-30-5-4-12-45(36(30)44-43-35(24)40)33-11-10-31(34(42-33)37(48)50-21-26-6-8-29(49-3)9-7-26)32-20-41-46(25(32)2)23-38-16-27-15-28(17-38)19-39(18-27,22-38)51-14-13-47/h6-11,20,27-28,47H,4-5,12-19,21-23H2,1-3H3. The number of hydrogen-bond donors (Lipinski definition) is 1. The minimum absolute atomic E-state index is 0.0507. The van der Waals surface area contributed by atoms with Crippen molar-refractivity contribution in [3.8, 4) is 16.9 Å². The normalized spacial score (nSPS) is 24.8. The molecule has 0 saturated heterocycles. The molecular formula is C39H45ClN6O5. The van der Waals surface area contributed by atoms with Gasteiger partial charge in [-0.2, -0.15) is 5.10 Å². The van der Waals surface area contributed by atoms with Crippen LogP contribution in [0.2, 0.25) is 5.15 Å². The third-order valence-corrected chi connectivity index (χ3v) is 12.1. The summed E-state index contributed by atoms with van der Waals surface area (Å²) in [7, 11) is 1.62. The van der Waals surface area contributed by atoms with Crippen LogP contribution in [0.5, 0.6) is 5.75 Å². The van der Waals surface area contributed by atoms with Crippen molar-refractivity contribution >= 4 is 29.2 Å². The number of methoxy groups -OCH3 is 1. The van der Waals surface area contributed by atoms with Crippen LogP contribution in [0.4, 0.5) is 11.6 Å². The number of carbonyl (C=O) groups excluding carboxylic acids is 1. The van der Waals surface area contributed by atoms with Crippen LogP contribution >= 0.6 is 11.6 Å². The first-order valence-electron chi connectivity index (χ1n) is 18.1. The Kier molecular flexibility index (Phi) is 9.00. The molecule has 5 aliphatic rings. The number of anilines is 2. The number of ether oxygens (including phenoxy) is 3. The van der Waals surface area contributed by atoms with Gasteiger partial charge in [-0.1, -0.05) is 23.7 Å². The number of hydrogen-bond acceptors (Lipinski definition) is 10. The van der Waals surface area contributed by atoms with Crippen LogP contribution < -0.4 is 9.64 Å². The molecule has 3 aromatic heterocycles. The molecule has 2 atom stereocenters. The number of aromatic nitrogens is 5. The molecule has 1 aromatic carbocycles. The lowest BCUT2D eigenvalue weighted by Crippen LogP contribution is -2.58. The zero-order valence-corrected chi connectivity index (χ0v) is 30.3. The predicted octanol–water partition coefficient (Wildman–Crippen LogP) is 6.80. The van der Waals surface area contributed by atoms with Gasteiger partial charge in [-0.3, -0.25) is 4.68 Å². The van der Waals surface area contributed by atoms with E-state index in [2.05, 4.69) is 21.8 Å². The van der Waals surface area contributed by atoms with E-state index in [1.165, 1.54) is 19.3 Å². The molecule has 1 N–H and O–H groups in total. The lowest BCUT2D eigenvalue weighted by molar-refractivity contribution is -0.199. The van der Waals surface area contributed by atoms with Gasteiger partial charge in [0.15, 0.2) is 16.7 Å². The molecule has 4 fully saturated rings. The second-order valence-electron chi connectivity index (χ2n) is 15.2. The molecule has 0 amide bonds. The third kappa shape index (κ3) is 6.38. The lowest BCUT2D eigenvalue weighted by Gasteiger charge is -2.61. The average Bonchev–Trinajstić information content (AvgIpc) is 3.48. The van der Waals surface area contributed by atoms with Crippen molar-refractivity contribution in [3.63, 3.8) is 0 Å². The quantitative estimate of drug-likeness (QED) is 0.166. The van der Waals surface area contributed by atoms with Gasteiger partial charge in [-0.15, -0.1) is 10.2 Å². The van der Waals surface area contributed by atoms with E-state index >= 15 is 0 Å². The number of fused-ring (bicyclic) bond motifs is 1. The van der Waals surface area contributed by atoms with Gasteiger partial charge in [-0.05, 0) is 118 Å². The maximum atomic E-state index is 14.0. The zero-order chi connectivity index (χ0) is 35.3. The number of rotatable bonds is 11. The summed E-state index contributed by atoms with van der Waals surface area (Å²) in [5.41, 5.74) is 5.48. The Morgan fingerprint density at radius 2 is 1.82 bits per heavy atom. The van der Waals surface area contributed by atoms with Crippen LogP contribution in [0.25, 0.3) is 11.1 Å². The second-order valence-corrected chi connectivity index (χ2v) is 15.5. The van der Waals surface area contributed by atoms with E-state index in [1.54, 1.807) is 7.11 Å². The fraction of sp³-hybridized carbons (Fsp3) is 0.513. The third-order valence-electron chi connectivity index (χ3n) is 11.7. The Bertz CT molecular complexity index is 1930. The zero-order valence-electron chi connectivity index (χ0n) is 29.5. The van der Waals surface area contributed by atoms with Gasteiger partial charge in [0.1, 0.15) is 18.2 Å². The molecule has 4 aromatic rings. The highest BCUT2D eigenvalue weighted by Gasteiger charge is 2.58. The van der Waals surface area contributed by atoms with E-state index < -0.39 is 5.97 Å². The van der Waals surface area contributed by atoms with E-state index in [9.17, 15) is 9.90 Å². The van der Waals surface area contributed by atoms with Crippen LogP contribution in [0.3, 0.4) is 0 Å². The largest absolute Gasteiger partial charge is 0.497 e. The van der Waals surface area contributed by atoms with E-state index in [-0.39, 0.29) is 29.9 Å². The highest BCUT2D eigenvalue weighted by molar-refractivity contribution is 6.30. The fourth-order valence-electron chi connectivity index (χ4n) is 9.86. The van der Waals surface area contributed by atoms with Crippen LogP contribution in [-0.4, -0.2) is 68.5 Å². The van der Waals surface area contributed by atoms with Crippen molar-refractivity contribution in [2.75, 3.05) is 31.8 Å². The monoisotopic (exact) mass is 712 g/mol. The maximum absolute atomic E-state index is 14.0. The number of aliphatic hydroxyl groups excluding tert-OH is 1. The molecule has 11 nitrogen and oxygen atoms in total. The molecule has 0 spiro atoms. The predicted molar refractivity (Wildman–Crippen MR) is 192 cm³/mol. The molecular weight excluding hydrogens is 668 g/mol.